The average molecular weight is 210 g/mol. The molecule has 4 nitrogen and oxygen atoms in total. The monoisotopic (exact) mass is 210 g/mol. The minimum absolute atomic E-state index is 0.224. The summed E-state index contributed by atoms with van der Waals surface area (Å²) in [5, 5.41) is 0. The molecule has 1 rings (SSSR count). The number of aromatic amines is 1. The average Bonchev–Trinajstić information content (AvgIpc) is 2.54. The zero-order valence-corrected chi connectivity index (χ0v) is 9.68. The van der Waals surface area contributed by atoms with E-state index in [2.05, 4.69) is 4.98 Å². The summed E-state index contributed by atoms with van der Waals surface area (Å²) in [6, 6.07) is 0. The maximum Gasteiger partial charge on any atom is 0.354 e. The Morgan fingerprint density at radius 1 is 1.47 bits per heavy atom. The highest BCUT2D eigenvalue weighted by Gasteiger charge is 2.19. The molecule has 0 aliphatic heterocycles. The number of hydrogen-bond donors (Lipinski definition) is 2. The number of H-pyrrole nitrogens is 1. The molecule has 1 atom stereocenters. The lowest BCUT2D eigenvalue weighted by atomic mass is 10.0. The summed E-state index contributed by atoms with van der Waals surface area (Å²) in [5.74, 6) is -0.104. The fourth-order valence-corrected chi connectivity index (χ4v) is 1.63. The summed E-state index contributed by atoms with van der Waals surface area (Å²) >= 11 is 0. The molecular weight excluding hydrogens is 192 g/mol. The van der Waals surface area contributed by atoms with Gasteiger partial charge in [0.1, 0.15) is 5.69 Å². The lowest BCUT2D eigenvalue weighted by Crippen LogP contribution is -2.10. The molecule has 15 heavy (non-hydrogen) atoms. The maximum absolute atomic E-state index is 11.4. The van der Waals surface area contributed by atoms with E-state index in [4.69, 9.17) is 10.5 Å². The van der Waals surface area contributed by atoms with Crippen LogP contribution >= 0.6 is 0 Å². The van der Waals surface area contributed by atoms with Gasteiger partial charge < -0.3 is 15.5 Å². The minimum Gasteiger partial charge on any atom is -0.464 e. The lowest BCUT2D eigenvalue weighted by Gasteiger charge is -2.07. The number of esters is 1. The van der Waals surface area contributed by atoms with Crippen molar-refractivity contribution in [2.45, 2.75) is 26.7 Å². The van der Waals surface area contributed by atoms with Crippen LogP contribution in [0.2, 0.25) is 0 Å². The molecule has 0 radical (unpaired) electrons. The Morgan fingerprint density at radius 3 is 2.53 bits per heavy atom. The molecule has 0 aliphatic carbocycles. The number of nitrogens with two attached hydrogens (primary N) is 1. The summed E-state index contributed by atoms with van der Waals surface area (Å²) in [7, 11) is 1.38. The van der Waals surface area contributed by atoms with E-state index in [0.29, 0.717) is 12.2 Å². The Labute approximate surface area is 89.8 Å². The number of carbonyl (C=O) groups excluding carboxylic acids is 1. The van der Waals surface area contributed by atoms with Crippen molar-refractivity contribution in [1.29, 1.82) is 0 Å². The Hall–Kier alpha value is -1.29. The molecule has 1 heterocycles. The molecule has 0 saturated carbocycles. The second-order valence-corrected chi connectivity index (χ2v) is 3.79. The summed E-state index contributed by atoms with van der Waals surface area (Å²) in [6.45, 7) is 6.48. The fourth-order valence-electron chi connectivity index (χ4n) is 1.63. The van der Waals surface area contributed by atoms with Crippen LogP contribution in [0, 0.1) is 13.8 Å². The third-order valence-electron chi connectivity index (χ3n) is 2.84. The standard InChI is InChI=1S/C11H18N2O2/c1-6(5-12)9-7(2)8(3)10(13-9)11(14)15-4/h6,13H,5,12H2,1-4H3. The second kappa shape index (κ2) is 4.49. The van der Waals surface area contributed by atoms with Gasteiger partial charge in [-0.25, -0.2) is 4.79 Å². The zero-order chi connectivity index (χ0) is 11.6. The second-order valence-electron chi connectivity index (χ2n) is 3.79. The first kappa shape index (κ1) is 11.8. The first-order chi connectivity index (χ1) is 7.02. The Bertz CT molecular complexity index is 369. The van der Waals surface area contributed by atoms with Crippen molar-refractivity contribution in [2.24, 2.45) is 5.73 Å². The molecule has 0 bridgehead atoms. The number of rotatable bonds is 3. The third-order valence-corrected chi connectivity index (χ3v) is 2.84. The SMILES string of the molecule is COC(=O)c1[nH]c(C(C)CN)c(C)c1C. The number of aromatic nitrogens is 1. The van der Waals surface area contributed by atoms with E-state index in [0.717, 1.165) is 16.8 Å². The van der Waals surface area contributed by atoms with Gasteiger partial charge in [-0.2, -0.15) is 0 Å². The minimum atomic E-state index is -0.328. The maximum atomic E-state index is 11.4. The van der Waals surface area contributed by atoms with Gasteiger partial charge in [0.2, 0.25) is 0 Å². The summed E-state index contributed by atoms with van der Waals surface area (Å²) in [6.07, 6.45) is 0. The normalized spacial score (nSPS) is 12.6. The molecule has 4 heteroatoms. The molecule has 0 aliphatic rings. The lowest BCUT2D eigenvalue weighted by molar-refractivity contribution is 0.0593. The van der Waals surface area contributed by atoms with E-state index in [-0.39, 0.29) is 11.9 Å². The highest BCUT2D eigenvalue weighted by Crippen LogP contribution is 2.23. The molecule has 0 aromatic carbocycles. The number of nitrogens with one attached hydrogen (secondary N) is 1. The Balaban J connectivity index is 3.18. The van der Waals surface area contributed by atoms with Crippen molar-refractivity contribution in [2.75, 3.05) is 13.7 Å². The van der Waals surface area contributed by atoms with Crippen LogP contribution in [0.1, 0.15) is 40.2 Å². The number of methoxy groups -OCH3 is 1. The topological polar surface area (TPSA) is 68.1 Å². The summed E-state index contributed by atoms with van der Waals surface area (Å²) in [5.41, 5.74) is 9.19. The van der Waals surface area contributed by atoms with E-state index in [1.54, 1.807) is 0 Å². The molecule has 3 N–H and O–H groups in total. The van der Waals surface area contributed by atoms with E-state index < -0.39 is 0 Å². The van der Waals surface area contributed by atoms with Gasteiger partial charge in [-0.1, -0.05) is 6.92 Å². The fraction of sp³-hybridized carbons (Fsp3) is 0.545. The summed E-state index contributed by atoms with van der Waals surface area (Å²) in [4.78, 5) is 14.5. The van der Waals surface area contributed by atoms with Crippen LogP contribution in [0.15, 0.2) is 0 Å². The van der Waals surface area contributed by atoms with Gasteiger partial charge in [0.25, 0.3) is 0 Å². The van der Waals surface area contributed by atoms with E-state index in [1.807, 2.05) is 20.8 Å². The van der Waals surface area contributed by atoms with Crippen molar-refractivity contribution in [3.8, 4) is 0 Å². The van der Waals surface area contributed by atoms with Crippen molar-refractivity contribution in [1.82, 2.24) is 4.98 Å². The van der Waals surface area contributed by atoms with Crippen LogP contribution in [0.5, 0.6) is 0 Å². The zero-order valence-electron chi connectivity index (χ0n) is 9.68. The molecule has 84 valence electrons. The van der Waals surface area contributed by atoms with Crippen molar-refractivity contribution in [3.63, 3.8) is 0 Å². The van der Waals surface area contributed by atoms with Gasteiger partial charge in [-0.3, -0.25) is 0 Å². The van der Waals surface area contributed by atoms with Gasteiger partial charge in [0, 0.05) is 18.2 Å². The van der Waals surface area contributed by atoms with Crippen LogP contribution in [-0.4, -0.2) is 24.6 Å². The van der Waals surface area contributed by atoms with Crippen LogP contribution in [0.3, 0.4) is 0 Å². The molecule has 0 spiro atoms. The molecule has 1 aromatic heterocycles. The van der Waals surface area contributed by atoms with Gasteiger partial charge in [-0.05, 0) is 25.0 Å². The first-order valence-electron chi connectivity index (χ1n) is 5.00. The largest absolute Gasteiger partial charge is 0.464 e. The molecule has 0 amide bonds. The predicted octanol–water partition coefficient (Wildman–Crippen LogP) is 1.48. The van der Waals surface area contributed by atoms with E-state index >= 15 is 0 Å². The molecule has 1 unspecified atom stereocenters. The molecular formula is C11H18N2O2. The van der Waals surface area contributed by atoms with E-state index in [9.17, 15) is 4.79 Å². The van der Waals surface area contributed by atoms with Crippen molar-refractivity contribution in [3.05, 3.63) is 22.5 Å². The van der Waals surface area contributed by atoms with Crippen molar-refractivity contribution < 1.29 is 9.53 Å². The summed E-state index contributed by atoms with van der Waals surface area (Å²) < 4.78 is 4.70. The highest BCUT2D eigenvalue weighted by molar-refractivity contribution is 5.89. The number of carbonyl (C=O) groups is 1. The van der Waals surface area contributed by atoms with Gasteiger partial charge >= 0.3 is 5.97 Å². The number of hydrogen-bond acceptors (Lipinski definition) is 3. The van der Waals surface area contributed by atoms with Crippen molar-refractivity contribution >= 4 is 5.97 Å². The first-order valence-corrected chi connectivity index (χ1v) is 5.00. The van der Waals surface area contributed by atoms with Crippen LogP contribution < -0.4 is 5.73 Å². The molecule has 1 aromatic rings. The Morgan fingerprint density at radius 2 is 2.07 bits per heavy atom. The van der Waals surface area contributed by atoms with E-state index in [1.165, 1.54) is 7.11 Å². The van der Waals surface area contributed by atoms with Gasteiger partial charge in [-0.15, -0.1) is 0 Å². The smallest absolute Gasteiger partial charge is 0.354 e. The molecule has 0 fully saturated rings. The van der Waals surface area contributed by atoms with Gasteiger partial charge in [0.15, 0.2) is 0 Å². The van der Waals surface area contributed by atoms with Crippen LogP contribution in [0.25, 0.3) is 0 Å². The van der Waals surface area contributed by atoms with Crippen LogP contribution in [0.4, 0.5) is 0 Å². The predicted molar refractivity (Wildman–Crippen MR) is 59.1 cm³/mol. The van der Waals surface area contributed by atoms with Crippen LogP contribution in [-0.2, 0) is 4.74 Å². The quantitative estimate of drug-likeness (QED) is 0.742. The third kappa shape index (κ3) is 2.04. The Kier molecular flexibility index (Phi) is 3.52. The molecule has 0 saturated heterocycles. The number of ether oxygens (including phenoxy) is 1. The highest BCUT2D eigenvalue weighted by atomic mass is 16.5. The van der Waals surface area contributed by atoms with Gasteiger partial charge in [0.05, 0.1) is 7.11 Å².